The normalized spacial score (nSPS) is 18.6. The van der Waals surface area contributed by atoms with Crippen molar-refractivity contribution in [1.29, 1.82) is 0 Å². The van der Waals surface area contributed by atoms with Crippen LogP contribution in [-0.2, 0) is 9.53 Å². The Kier molecular flexibility index (Phi) is 4.59. The standard InChI is InChI=1S/C14H19NO3/c1-17-13-5-2-4-11(10-13)15-14(16)8-7-12-6-3-9-18-12/h2,4-5,10,12H,3,6-9H2,1H3,(H,15,16). The van der Waals surface area contributed by atoms with Crippen LogP contribution in [0.15, 0.2) is 24.3 Å². The van der Waals surface area contributed by atoms with Gasteiger partial charge in [-0.25, -0.2) is 0 Å². The van der Waals surface area contributed by atoms with E-state index in [1.807, 2.05) is 24.3 Å². The van der Waals surface area contributed by atoms with Crippen molar-refractivity contribution in [2.75, 3.05) is 19.0 Å². The Morgan fingerprint density at radius 3 is 3.17 bits per heavy atom. The minimum Gasteiger partial charge on any atom is -0.497 e. The zero-order valence-corrected chi connectivity index (χ0v) is 10.6. The van der Waals surface area contributed by atoms with Gasteiger partial charge in [-0.2, -0.15) is 0 Å². The van der Waals surface area contributed by atoms with Crippen LogP contribution in [0.3, 0.4) is 0 Å². The molecule has 1 fully saturated rings. The van der Waals surface area contributed by atoms with Crippen molar-refractivity contribution < 1.29 is 14.3 Å². The molecular weight excluding hydrogens is 230 g/mol. The maximum Gasteiger partial charge on any atom is 0.224 e. The molecule has 1 amide bonds. The van der Waals surface area contributed by atoms with Crippen molar-refractivity contribution in [3.8, 4) is 5.75 Å². The van der Waals surface area contributed by atoms with Crippen molar-refractivity contribution in [1.82, 2.24) is 0 Å². The largest absolute Gasteiger partial charge is 0.497 e. The van der Waals surface area contributed by atoms with Crippen LogP contribution in [0.5, 0.6) is 5.75 Å². The maximum atomic E-state index is 11.8. The molecule has 4 nitrogen and oxygen atoms in total. The summed E-state index contributed by atoms with van der Waals surface area (Å²) >= 11 is 0. The first-order valence-corrected chi connectivity index (χ1v) is 6.33. The average Bonchev–Trinajstić information content (AvgIpc) is 2.90. The SMILES string of the molecule is COc1cccc(NC(=O)CCC2CCCO2)c1. The van der Waals surface area contributed by atoms with Crippen LogP contribution >= 0.6 is 0 Å². The second kappa shape index (κ2) is 6.40. The molecule has 1 saturated heterocycles. The molecule has 1 unspecified atom stereocenters. The number of methoxy groups -OCH3 is 1. The van der Waals surface area contributed by atoms with Gasteiger partial charge in [0.2, 0.25) is 5.91 Å². The highest BCUT2D eigenvalue weighted by Gasteiger charge is 2.16. The summed E-state index contributed by atoms with van der Waals surface area (Å²) in [5.74, 6) is 0.769. The second-order valence-corrected chi connectivity index (χ2v) is 4.45. The molecule has 0 bridgehead atoms. The number of anilines is 1. The van der Waals surface area contributed by atoms with Crippen molar-refractivity contribution in [3.05, 3.63) is 24.3 Å². The van der Waals surface area contributed by atoms with Crippen LogP contribution in [0.25, 0.3) is 0 Å². The molecule has 1 aromatic rings. The Bertz CT molecular complexity index is 400. The monoisotopic (exact) mass is 249 g/mol. The summed E-state index contributed by atoms with van der Waals surface area (Å²) in [7, 11) is 1.61. The summed E-state index contributed by atoms with van der Waals surface area (Å²) in [4.78, 5) is 11.8. The summed E-state index contributed by atoms with van der Waals surface area (Å²) in [5.41, 5.74) is 0.770. The molecule has 1 aliphatic heterocycles. The van der Waals surface area contributed by atoms with Gasteiger partial charge in [-0.15, -0.1) is 0 Å². The molecule has 4 heteroatoms. The molecule has 98 valence electrons. The van der Waals surface area contributed by atoms with Crippen LogP contribution in [0.2, 0.25) is 0 Å². The predicted octanol–water partition coefficient (Wildman–Crippen LogP) is 2.59. The fourth-order valence-corrected chi connectivity index (χ4v) is 2.09. The van der Waals surface area contributed by atoms with Gasteiger partial charge in [-0.05, 0) is 31.4 Å². The molecule has 1 atom stereocenters. The Morgan fingerprint density at radius 2 is 2.44 bits per heavy atom. The van der Waals surface area contributed by atoms with E-state index < -0.39 is 0 Å². The average molecular weight is 249 g/mol. The minimum absolute atomic E-state index is 0.0266. The van der Waals surface area contributed by atoms with E-state index in [-0.39, 0.29) is 12.0 Å². The smallest absolute Gasteiger partial charge is 0.224 e. The topological polar surface area (TPSA) is 47.6 Å². The van der Waals surface area contributed by atoms with Gasteiger partial charge in [0.05, 0.1) is 13.2 Å². The van der Waals surface area contributed by atoms with E-state index in [1.54, 1.807) is 7.11 Å². The van der Waals surface area contributed by atoms with Crippen LogP contribution < -0.4 is 10.1 Å². The molecule has 0 aromatic heterocycles. The minimum atomic E-state index is 0.0266. The molecule has 1 aliphatic rings. The highest BCUT2D eigenvalue weighted by Crippen LogP contribution is 2.19. The van der Waals surface area contributed by atoms with Crippen LogP contribution in [0.4, 0.5) is 5.69 Å². The van der Waals surface area contributed by atoms with Crippen molar-refractivity contribution in [3.63, 3.8) is 0 Å². The Labute approximate surface area is 107 Å². The number of hydrogen-bond acceptors (Lipinski definition) is 3. The van der Waals surface area contributed by atoms with Gasteiger partial charge in [-0.3, -0.25) is 4.79 Å². The maximum absolute atomic E-state index is 11.8. The highest BCUT2D eigenvalue weighted by atomic mass is 16.5. The number of benzene rings is 1. The van der Waals surface area contributed by atoms with E-state index >= 15 is 0 Å². The lowest BCUT2D eigenvalue weighted by Crippen LogP contribution is -2.15. The highest BCUT2D eigenvalue weighted by molar-refractivity contribution is 5.90. The van der Waals surface area contributed by atoms with Crippen molar-refractivity contribution in [2.24, 2.45) is 0 Å². The molecule has 0 saturated carbocycles. The van der Waals surface area contributed by atoms with Gasteiger partial charge in [0.15, 0.2) is 0 Å². The van der Waals surface area contributed by atoms with E-state index in [4.69, 9.17) is 9.47 Å². The molecule has 18 heavy (non-hydrogen) atoms. The molecule has 1 N–H and O–H groups in total. The number of ether oxygens (including phenoxy) is 2. The van der Waals surface area contributed by atoms with Gasteiger partial charge in [-0.1, -0.05) is 6.07 Å². The predicted molar refractivity (Wildman–Crippen MR) is 69.8 cm³/mol. The molecule has 0 aliphatic carbocycles. The molecule has 0 spiro atoms. The first-order valence-electron chi connectivity index (χ1n) is 6.33. The van der Waals surface area contributed by atoms with E-state index in [0.717, 1.165) is 37.3 Å². The number of hydrogen-bond donors (Lipinski definition) is 1. The molecule has 1 aromatic carbocycles. The van der Waals surface area contributed by atoms with Crippen LogP contribution in [-0.4, -0.2) is 25.7 Å². The second-order valence-electron chi connectivity index (χ2n) is 4.45. The van der Waals surface area contributed by atoms with E-state index in [0.29, 0.717) is 6.42 Å². The molecule has 0 radical (unpaired) electrons. The lowest BCUT2D eigenvalue weighted by atomic mass is 10.1. The zero-order valence-electron chi connectivity index (χ0n) is 10.6. The van der Waals surface area contributed by atoms with Crippen LogP contribution in [0.1, 0.15) is 25.7 Å². The Morgan fingerprint density at radius 1 is 1.56 bits per heavy atom. The zero-order chi connectivity index (χ0) is 12.8. The lowest BCUT2D eigenvalue weighted by Gasteiger charge is -2.10. The van der Waals surface area contributed by atoms with Gasteiger partial charge in [0, 0.05) is 24.8 Å². The van der Waals surface area contributed by atoms with Gasteiger partial charge in [0.25, 0.3) is 0 Å². The lowest BCUT2D eigenvalue weighted by molar-refractivity contribution is -0.116. The number of amides is 1. The third-order valence-corrected chi connectivity index (χ3v) is 3.07. The number of carbonyl (C=O) groups is 1. The molecular formula is C14H19NO3. The quantitative estimate of drug-likeness (QED) is 0.872. The first kappa shape index (κ1) is 12.9. The third-order valence-electron chi connectivity index (χ3n) is 3.07. The van der Waals surface area contributed by atoms with E-state index in [9.17, 15) is 4.79 Å². The summed E-state index contributed by atoms with van der Waals surface area (Å²) < 4.78 is 10.6. The van der Waals surface area contributed by atoms with E-state index in [2.05, 4.69) is 5.32 Å². The van der Waals surface area contributed by atoms with Gasteiger partial charge in [0.1, 0.15) is 5.75 Å². The fraction of sp³-hybridized carbons (Fsp3) is 0.500. The summed E-state index contributed by atoms with van der Waals surface area (Å²) in [6.07, 6.45) is 3.76. The number of carbonyl (C=O) groups excluding carboxylic acids is 1. The fourth-order valence-electron chi connectivity index (χ4n) is 2.09. The Balaban J connectivity index is 1.78. The van der Waals surface area contributed by atoms with Crippen LogP contribution in [0, 0.1) is 0 Å². The Hall–Kier alpha value is -1.55. The number of rotatable bonds is 5. The summed E-state index contributed by atoms with van der Waals surface area (Å²) in [6.45, 7) is 0.835. The first-order chi connectivity index (χ1) is 8.78. The third kappa shape index (κ3) is 3.74. The summed E-state index contributed by atoms with van der Waals surface area (Å²) in [5, 5.41) is 2.87. The molecule has 2 rings (SSSR count). The number of nitrogens with one attached hydrogen (secondary N) is 1. The summed E-state index contributed by atoms with van der Waals surface area (Å²) in [6, 6.07) is 7.37. The van der Waals surface area contributed by atoms with Gasteiger partial charge >= 0.3 is 0 Å². The molecule has 1 heterocycles. The van der Waals surface area contributed by atoms with Crippen molar-refractivity contribution >= 4 is 11.6 Å². The van der Waals surface area contributed by atoms with E-state index in [1.165, 1.54) is 0 Å². The van der Waals surface area contributed by atoms with Gasteiger partial charge < -0.3 is 14.8 Å². The van der Waals surface area contributed by atoms with Crippen molar-refractivity contribution in [2.45, 2.75) is 31.8 Å².